The van der Waals surface area contributed by atoms with Gasteiger partial charge in [0, 0.05) is 11.5 Å². The van der Waals surface area contributed by atoms with Gasteiger partial charge in [-0.15, -0.1) is 0 Å². The van der Waals surface area contributed by atoms with Crippen LogP contribution in [0.1, 0.15) is 17.3 Å². The highest BCUT2D eigenvalue weighted by atomic mass is 35.5. The molecule has 0 atom stereocenters. The molecular formula is C13H13ClO4S. The molecule has 0 unspecified atom stereocenters. The zero-order valence-electron chi connectivity index (χ0n) is 10.8. The summed E-state index contributed by atoms with van der Waals surface area (Å²) in [4.78, 5) is 12.0. The molecule has 0 spiro atoms. The Morgan fingerprint density at radius 2 is 2.21 bits per heavy atom. The zero-order valence-corrected chi connectivity index (χ0v) is 12.4. The van der Waals surface area contributed by atoms with Gasteiger partial charge in [0.25, 0.3) is 0 Å². The number of benzene rings is 1. The molecule has 0 N–H and O–H groups in total. The first kappa shape index (κ1) is 14.1. The summed E-state index contributed by atoms with van der Waals surface area (Å²) >= 11 is 7.46. The minimum Gasteiger partial charge on any atom is -0.497 e. The Balaban J connectivity index is 2.71. The van der Waals surface area contributed by atoms with Gasteiger partial charge in [-0.05, 0) is 19.2 Å². The van der Waals surface area contributed by atoms with Crippen molar-refractivity contribution in [1.82, 2.24) is 0 Å². The van der Waals surface area contributed by atoms with Crippen LogP contribution in [0.25, 0.3) is 11.0 Å². The summed E-state index contributed by atoms with van der Waals surface area (Å²) in [7, 11) is 1.54. The summed E-state index contributed by atoms with van der Waals surface area (Å²) < 4.78 is 15.8. The molecule has 0 fully saturated rings. The number of thioether (sulfide) groups is 1. The second-order valence-electron chi connectivity index (χ2n) is 3.68. The van der Waals surface area contributed by atoms with E-state index in [1.807, 2.05) is 6.26 Å². The van der Waals surface area contributed by atoms with E-state index >= 15 is 0 Å². The van der Waals surface area contributed by atoms with Crippen LogP contribution in [0.15, 0.2) is 21.6 Å². The molecule has 1 heterocycles. The molecule has 2 rings (SSSR count). The van der Waals surface area contributed by atoms with Crippen LogP contribution in [-0.2, 0) is 4.74 Å². The van der Waals surface area contributed by atoms with Crippen molar-refractivity contribution < 1.29 is 18.7 Å². The lowest BCUT2D eigenvalue weighted by Crippen LogP contribution is -2.04. The minimum atomic E-state index is -0.421. The van der Waals surface area contributed by atoms with Gasteiger partial charge in [0.05, 0.1) is 18.7 Å². The molecule has 0 amide bonds. The molecule has 0 saturated carbocycles. The molecule has 102 valence electrons. The molecule has 0 bridgehead atoms. The van der Waals surface area contributed by atoms with Gasteiger partial charge in [0.15, 0.2) is 10.7 Å². The predicted octanol–water partition coefficient (Wildman–Crippen LogP) is 3.99. The number of ether oxygens (including phenoxy) is 2. The average Bonchev–Trinajstić information content (AvgIpc) is 2.77. The van der Waals surface area contributed by atoms with Crippen molar-refractivity contribution >= 4 is 40.3 Å². The van der Waals surface area contributed by atoms with Gasteiger partial charge in [-0.1, -0.05) is 23.4 Å². The van der Waals surface area contributed by atoms with Gasteiger partial charge in [0.2, 0.25) is 0 Å². The number of furan rings is 1. The molecule has 0 aliphatic heterocycles. The van der Waals surface area contributed by atoms with Gasteiger partial charge in [-0.3, -0.25) is 0 Å². The van der Waals surface area contributed by atoms with Crippen LogP contribution in [0.3, 0.4) is 0 Å². The SMILES string of the molecule is CCOC(=O)c1c(SC)oc2c(Cl)cc(OC)cc12. The van der Waals surface area contributed by atoms with Crippen molar-refractivity contribution in [1.29, 1.82) is 0 Å². The van der Waals surface area contributed by atoms with Gasteiger partial charge in [0.1, 0.15) is 11.3 Å². The Morgan fingerprint density at radius 1 is 1.47 bits per heavy atom. The Labute approximate surface area is 120 Å². The summed E-state index contributed by atoms with van der Waals surface area (Å²) in [6.45, 7) is 2.06. The number of halogens is 1. The first-order chi connectivity index (χ1) is 9.12. The third kappa shape index (κ3) is 2.53. The average molecular weight is 301 g/mol. The quantitative estimate of drug-likeness (QED) is 0.631. The standard InChI is InChI=1S/C13H13ClO4S/c1-4-17-12(15)10-8-5-7(16-2)6-9(14)11(8)18-13(10)19-3/h5-6H,4H2,1-3H3. The topological polar surface area (TPSA) is 48.7 Å². The van der Waals surface area contributed by atoms with Crippen molar-refractivity contribution in [2.75, 3.05) is 20.0 Å². The Morgan fingerprint density at radius 3 is 2.79 bits per heavy atom. The van der Waals surface area contributed by atoms with Crippen LogP contribution < -0.4 is 4.74 Å². The van der Waals surface area contributed by atoms with E-state index < -0.39 is 5.97 Å². The van der Waals surface area contributed by atoms with Gasteiger partial charge in [-0.25, -0.2) is 4.79 Å². The molecule has 6 heteroatoms. The third-order valence-corrected chi connectivity index (χ3v) is 3.52. The summed E-state index contributed by atoms with van der Waals surface area (Å²) in [6, 6.07) is 3.36. The Kier molecular flexibility index (Phi) is 4.27. The van der Waals surface area contributed by atoms with Crippen LogP contribution in [-0.4, -0.2) is 25.9 Å². The Hall–Kier alpha value is -1.33. The smallest absolute Gasteiger partial charge is 0.343 e. The third-order valence-electron chi connectivity index (χ3n) is 2.59. The monoisotopic (exact) mass is 300 g/mol. The van der Waals surface area contributed by atoms with E-state index in [4.69, 9.17) is 25.5 Å². The van der Waals surface area contributed by atoms with Gasteiger partial charge in [-0.2, -0.15) is 0 Å². The lowest BCUT2D eigenvalue weighted by Gasteiger charge is -2.03. The fourth-order valence-corrected chi connectivity index (χ4v) is 2.58. The second kappa shape index (κ2) is 5.75. The second-order valence-corrected chi connectivity index (χ2v) is 4.86. The molecule has 1 aromatic carbocycles. The first-order valence-electron chi connectivity index (χ1n) is 5.63. The minimum absolute atomic E-state index is 0.303. The number of rotatable bonds is 4. The van der Waals surface area contributed by atoms with Crippen LogP contribution in [0.4, 0.5) is 0 Å². The maximum atomic E-state index is 12.0. The molecule has 0 aliphatic rings. The van der Waals surface area contributed by atoms with E-state index in [-0.39, 0.29) is 0 Å². The molecule has 0 aliphatic carbocycles. The molecule has 19 heavy (non-hydrogen) atoms. The zero-order chi connectivity index (χ0) is 14.0. The number of hydrogen-bond acceptors (Lipinski definition) is 5. The van der Waals surface area contributed by atoms with Crippen molar-refractivity contribution in [3.05, 3.63) is 22.7 Å². The van der Waals surface area contributed by atoms with Crippen molar-refractivity contribution in [3.63, 3.8) is 0 Å². The van der Waals surface area contributed by atoms with E-state index in [2.05, 4.69) is 0 Å². The van der Waals surface area contributed by atoms with E-state index in [0.717, 1.165) is 0 Å². The van der Waals surface area contributed by atoms with Gasteiger partial charge >= 0.3 is 5.97 Å². The van der Waals surface area contributed by atoms with Gasteiger partial charge < -0.3 is 13.9 Å². The lowest BCUT2D eigenvalue weighted by molar-refractivity contribution is 0.0521. The highest BCUT2D eigenvalue weighted by Gasteiger charge is 2.23. The summed E-state index contributed by atoms with van der Waals surface area (Å²) in [5.41, 5.74) is 0.861. The molecule has 1 aromatic heterocycles. The van der Waals surface area contributed by atoms with E-state index in [1.165, 1.54) is 18.9 Å². The molecule has 4 nitrogen and oxygen atoms in total. The number of carbonyl (C=O) groups excluding carboxylic acids is 1. The predicted molar refractivity (Wildman–Crippen MR) is 75.5 cm³/mol. The summed E-state index contributed by atoms with van der Waals surface area (Å²) in [6.07, 6.45) is 1.82. The van der Waals surface area contributed by atoms with Crippen LogP contribution >= 0.6 is 23.4 Å². The van der Waals surface area contributed by atoms with E-state index in [9.17, 15) is 4.79 Å². The molecule has 0 saturated heterocycles. The van der Waals surface area contributed by atoms with Crippen LogP contribution in [0.5, 0.6) is 5.75 Å². The van der Waals surface area contributed by atoms with Crippen molar-refractivity contribution in [3.8, 4) is 5.75 Å². The van der Waals surface area contributed by atoms with E-state index in [0.29, 0.717) is 39.0 Å². The highest BCUT2D eigenvalue weighted by Crippen LogP contribution is 2.38. The van der Waals surface area contributed by atoms with E-state index in [1.54, 1.807) is 19.1 Å². The highest BCUT2D eigenvalue weighted by molar-refractivity contribution is 7.98. The molecule has 2 aromatic rings. The summed E-state index contributed by atoms with van der Waals surface area (Å²) in [5.74, 6) is 0.145. The first-order valence-corrected chi connectivity index (χ1v) is 7.23. The largest absolute Gasteiger partial charge is 0.497 e. The fraction of sp³-hybridized carbons (Fsp3) is 0.308. The lowest BCUT2D eigenvalue weighted by atomic mass is 10.1. The Bertz CT molecular complexity index is 621. The molecular weight excluding hydrogens is 288 g/mol. The normalized spacial score (nSPS) is 10.7. The van der Waals surface area contributed by atoms with Crippen LogP contribution in [0.2, 0.25) is 5.02 Å². The number of hydrogen-bond donors (Lipinski definition) is 0. The molecule has 0 radical (unpaired) electrons. The number of esters is 1. The number of carbonyl (C=O) groups is 1. The van der Waals surface area contributed by atoms with Crippen LogP contribution in [0, 0.1) is 0 Å². The fourth-order valence-electron chi connectivity index (χ4n) is 1.77. The van der Waals surface area contributed by atoms with Crippen molar-refractivity contribution in [2.24, 2.45) is 0 Å². The number of fused-ring (bicyclic) bond motifs is 1. The maximum Gasteiger partial charge on any atom is 0.343 e. The maximum absolute atomic E-state index is 12.0. The van der Waals surface area contributed by atoms with Crippen molar-refractivity contribution in [2.45, 2.75) is 12.0 Å². The summed E-state index contributed by atoms with van der Waals surface area (Å²) in [5, 5.41) is 1.50. The number of methoxy groups -OCH3 is 1.